The van der Waals surface area contributed by atoms with Crippen molar-refractivity contribution in [2.75, 3.05) is 11.9 Å². The molecule has 9 heteroatoms. The molecule has 0 aliphatic rings. The number of esters is 1. The Morgan fingerprint density at radius 2 is 2.00 bits per heavy atom. The number of alkyl halides is 3. The maximum Gasteiger partial charge on any atom is 0.418 e. The Morgan fingerprint density at radius 1 is 1.29 bits per heavy atom. The zero-order valence-corrected chi connectivity index (χ0v) is 13.0. The van der Waals surface area contributed by atoms with E-state index in [9.17, 15) is 22.8 Å². The van der Waals surface area contributed by atoms with Gasteiger partial charge in [0.25, 0.3) is 5.91 Å². The van der Waals surface area contributed by atoms with Crippen molar-refractivity contribution in [2.45, 2.75) is 13.1 Å². The van der Waals surface area contributed by atoms with Gasteiger partial charge >= 0.3 is 12.1 Å². The maximum atomic E-state index is 12.9. The number of furan rings is 1. The van der Waals surface area contributed by atoms with Gasteiger partial charge in [0.1, 0.15) is 0 Å². The molecular weight excluding hydrogens is 351 g/mol. The van der Waals surface area contributed by atoms with E-state index in [1.54, 1.807) is 6.92 Å². The van der Waals surface area contributed by atoms with Gasteiger partial charge in [-0.2, -0.15) is 13.2 Å². The molecule has 128 valence electrons. The molecule has 0 spiro atoms. The molecule has 0 unspecified atom stereocenters. The van der Waals surface area contributed by atoms with Crippen LogP contribution in [0.3, 0.4) is 0 Å². The smallest absolute Gasteiger partial charge is 0.418 e. The Bertz CT molecular complexity index is 770. The number of carbonyl (C=O) groups is 2. The minimum atomic E-state index is -4.70. The summed E-state index contributed by atoms with van der Waals surface area (Å²) < 4.78 is 48.3. The summed E-state index contributed by atoms with van der Waals surface area (Å²) in [5.41, 5.74) is -1.19. The molecule has 1 amide bonds. The third-order valence-electron chi connectivity index (χ3n) is 2.97. The van der Waals surface area contributed by atoms with E-state index in [1.165, 1.54) is 18.4 Å². The van der Waals surface area contributed by atoms with Gasteiger partial charge in [0.15, 0.2) is 6.61 Å². The van der Waals surface area contributed by atoms with E-state index in [0.29, 0.717) is 5.56 Å². The summed E-state index contributed by atoms with van der Waals surface area (Å²) >= 11 is 5.71. The Kier molecular flexibility index (Phi) is 5.18. The minimum Gasteiger partial charge on any atom is -0.457 e. The van der Waals surface area contributed by atoms with E-state index in [4.69, 9.17) is 20.8 Å². The van der Waals surface area contributed by atoms with Crippen molar-refractivity contribution in [3.63, 3.8) is 0 Å². The highest BCUT2D eigenvalue weighted by Crippen LogP contribution is 2.38. The predicted octanol–water partition coefficient (Wildman–Crippen LogP) is 4.06. The number of hydrogen-bond donors (Lipinski definition) is 1. The van der Waals surface area contributed by atoms with Crippen LogP contribution in [0.5, 0.6) is 0 Å². The highest BCUT2D eigenvalue weighted by atomic mass is 35.5. The molecule has 0 saturated heterocycles. The first-order valence-electron chi connectivity index (χ1n) is 6.57. The van der Waals surface area contributed by atoms with Gasteiger partial charge in [0.05, 0.1) is 22.5 Å². The first-order valence-corrected chi connectivity index (χ1v) is 6.94. The summed E-state index contributed by atoms with van der Waals surface area (Å²) in [5, 5.41) is 1.72. The molecule has 0 bridgehead atoms. The molecule has 2 rings (SSSR count). The first kappa shape index (κ1) is 17.9. The van der Waals surface area contributed by atoms with Gasteiger partial charge in [-0.3, -0.25) is 4.79 Å². The lowest BCUT2D eigenvalue weighted by Crippen LogP contribution is -2.23. The number of para-hydroxylation sites is 1. The van der Waals surface area contributed by atoms with Gasteiger partial charge in [-0.1, -0.05) is 17.7 Å². The topological polar surface area (TPSA) is 68.5 Å². The number of nitrogens with one attached hydrogen (secondary N) is 1. The van der Waals surface area contributed by atoms with E-state index < -0.39 is 35.9 Å². The zero-order valence-electron chi connectivity index (χ0n) is 12.2. The molecule has 0 aliphatic carbocycles. The highest BCUT2D eigenvalue weighted by molar-refractivity contribution is 6.34. The Labute approximate surface area is 139 Å². The molecular formula is C15H11ClF3NO4. The quantitative estimate of drug-likeness (QED) is 0.834. The molecule has 1 aromatic carbocycles. The van der Waals surface area contributed by atoms with Crippen molar-refractivity contribution in [1.82, 2.24) is 0 Å². The van der Waals surface area contributed by atoms with Crippen molar-refractivity contribution in [3.8, 4) is 0 Å². The number of carbonyl (C=O) groups excluding carboxylic acids is 2. The van der Waals surface area contributed by atoms with Crippen LogP contribution in [0.2, 0.25) is 5.02 Å². The average Bonchev–Trinajstić information content (AvgIpc) is 2.92. The molecule has 0 saturated carbocycles. The van der Waals surface area contributed by atoms with E-state index in [1.807, 2.05) is 5.32 Å². The second-order valence-electron chi connectivity index (χ2n) is 4.72. The predicted molar refractivity (Wildman–Crippen MR) is 78.8 cm³/mol. The molecule has 1 aromatic heterocycles. The summed E-state index contributed by atoms with van der Waals surface area (Å²) in [6, 6.07) is 4.61. The van der Waals surface area contributed by atoms with E-state index in [-0.39, 0.29) is 10.8 Å². The fourth-order valence-corrected chi connectivity index (χ4v) is 2.06. The number of rotatable bonds is 4. The molecule has 24 heavy (non-hydrogen) atoms. The second kappa shape index (κ2) is 6.96. The largest absolute Gasteiger partial charge is 0.457 e. The number of halogens is 4. The van der Waals surface area contributed by atoms with Gasteiger partial charge in [0.2, 0.25) is 5.76 Å². The number of benzene rings is 1. The van der Waals surface area contributed by atoms with Crippen molar-refractivity contribution in [1.29, 1.82) is 0 Å². The third-order valence-corrected chi connectivity index (χ3v) is 3.28. The third kappa shape index (κ3) is 4.08. The second-order valence-corrected chi connectivity index (χ2v) is 5.12. The van der Waals surface area contributed by atoms with Crippen LogP contribution in [0.1, 0.15) is 21.7 Å². The van der Waals surface area contributed by atoms with Crippen LogP contribution < -0.4 is 5.32 Å². The lowest BCUT2D eigenvalue weighted by atomic mass is 10.1. The Hall–Kier alpha value is -2.48. The van der Waals surface area contributed by atoms with Crippen molar-refractivity contribution in [3.05, 3.63) is 52.4 Å². The summed E-state index contributed by atoms with van der Waals surface area (Å²) in [4.78, 5) is 23.4. The Morgan fingerprint density at radius 3 is 2.58 bits per heavy atom. The molecule has 1 N–H and O–H groups in total. The van der Waals surface area contributed by atoms with Gasteiger partial charge in [0, 0.05) is 5.56 Å². The van der Waals surface area contributed by atoms with Gasteiger partial charge in [-0.15, -0.1) is 0 Å². The molecule has 0 atom stereocenters. The summed E-state index contributed by atoms with van der Waals surface area (Å²) in [6.07, 6.45) is -3.43. The zero-order chi connectivity index (χ0) is 17.9. The number of ether oxygens (including phenoxy) is 1. The van der Waals surface area contributed by atoms with Gasteiger partial charge in [-0.05, 0) is 25.1 Å². The van der Waals surface area contributed by atoms with Crippen LogP contribution in [0.25, 0.3) is 0 Å². The number of anilines is 1. The van der Waals surface area contributed by atoms with Crippen LogP contribution in [0, 0.1) is 6.92 Å². The van der Waals surface area contributed by atoms with Crippen LogP contribution in [-0.4, -0.2) is 18.5 Å². The summed E-state index contributed by atoms with van der Waals surface area (Å²) in [6.45, 7) is 0.807. The van der Waals surface area contributed by atoms with Crippen LogP contribution in [-0.2, 0) is 15.7 Å². The van der Waals surface area contributed by atoms with Crippen molar-refractivity contribution in [2.24, 2.45) is 0 Å². The van der Waals surface area contributed by atoms with Gasteiger partial charge in [-0.25, -0.2) is 4.79 Å². The first-order chi connectivity index (χ1) is 11.2. The summed E-state index contributed by atoms with van der Waals surface area (Å²) in [7, 11) is 0. The standard InChI is InChI=1S/C15H11ClF3NO4/c1-8-5-6-23-13(8)14(22)24-7-11(21)20-12-9(15(17,18)19)3-2-4-10(12)16/h2-6H,7H2,1H3,(H,20,21). The fraction of sp³-hybridized carbons (Fsp3) is 0.200. The lowest BCUT2D eigenvalue weighted by Gasteiger charge is -2.15. The van der Waals surface area contributed by atoms with Crippen molar-refractivity contribution < 1.29 is 31.9 Å². The van der Waals surface area contributed by atoms with Crippen LogP contribution >= 0.6 is 11.6 Å². The van der Waals surface area contributed by atoms with E-state index >= 15 is 0 Å². The molecule has 5 nitrogen and oxygen atoms in total. The minimum absolute atomic E-state index is 0.0866. The maximum absolute atomic E-state index is 12.9. The normalized spacial score (nSPS) is 11.2. The SMILES string of the molecule is Cc1ccoc1C(=O)OCC(=O)Nc1c(Cl)cccc1C(F)(F)F. The molecule has 1 heterocycles. The van der Waals surface area contributed by atoms with Gasteiger partial charge < -0.3 is 14.5 Å². The van der Waals surface area contributed by atoms with Crippen molar-refractivity contribution >= 4 is 29.2 Å². The fourth-order valence-electron chi connectivity index (χ4n) is 1.84. The Balaban J connectivity index is 2.06. The molecule has 0 fully saturated rings. The average molecular weight is 362 g/mol. The number of hydrogen-bond acceptors (Lipinski definition) is 4. The molecule has 2 aromatic rings. The number of amides is 1. The lowest BCUT2D eigenvalue weighted by molar-refractivity contribution is -0.137. The highest BCUT2D eigenvalue weighted by Gasteiger charge is 2.34. The van der Waals surface area contributed by atoms with Crippen LogP contribution in [0.4, 0.5) is 18.9 Å². The monoisotopic (exact) mass is 361 g/mol. The van der Waals surface area contributed by atoms with Crippen LogP contribution in [0.15, 0.2) is 34.9 Å². The molecule has 0 aliphatic heterocycles. The van der Waals surface area contributed by atoms with E-state index in [0.717, 1.165) is 12.1 Å². The molecule has 0 radical (unpaired) electrons. The van der Waals surface area contributed by atoms with E-state index in [2.05, 4.69) is 0 Å². The summed E-state index contributed by atoms with van der Waals surface area (Å²) in [5.74, 6) is -1.95. The number of aryl methyl sites for hydroxylation is 1.